The van der Waals surface area contributed by atoms with Gasteiger partial charge in [-0.25, -0.2) is 13.4 Å². The quantitative estimate of drug-likeness (QED) is 0.300. The van der Waals surface area contributed by atoms with E-state index in [1.54, 1.807) is 7.11 Å². The van der Waals surface area contributed by atoms with Gasteiger partial charge in [0, 0.05) is 17.0 Å². The molecule has 40 heavy (non-hydrogen) atoms. The molecular weight excluding hydrogens is 542 g/mol. The molecule has 9 heteroatoms. The van der Waals surface area contributed by atoms with Crippen molar-refractivity contribution >= 4 is 32.4 Å². The third-order valence-electron chi connectivity index (χ3n) is 7.76. The summed E-state index contributed by atoms with van der Waals surface area (Å²) in [6, 6.07) is 16.4. The van der Waals surface area contributed by atoms with E-state index in [4.69, 9.17) is 4.74 Å². The summed E-state index contributed by atoms with van der Waals surface area (Å²) in [5.74, 6) is 0.353. The molecule has 3 aromatic carbocycles. The van der Waals surface area contributed by atoms with Crippen LogP contribution in [0.3, 0.4) is 0 Å². The van der Waals surface area contributed by atoms with Gasteiger partial charge in [0.05, 0.1) is 17.7 Å². The normalized spacial score (nSPS) is 15.5. The summed E-state index contributed by atoms with van der Waals surface area (Å²) in [5.41, 5.74) is 6.78. The number of carbonyl (C=O) groups excluding carboxylic acids is 1. The van der Waals surface area contributed by atoms with Crippen molar-refractivity contribution < 1.29 is 17.9 Å². The summed E-state index contributed by atoms with van der Waals surface area (Å²) in [6.07, 6.45) is 0.278. The predicted molar refractivity (Wildman–Crippen MR) is 160 cm³/mol. The van der Waals surface area contributed by atoms with E-state index in [0.29, 0.717) is 16.3 Å². The van der Waals surface area contributed by atoms with Gasteiger partial charge in [-0.1, -0.05) is 30.3 Å². The predicted octanol–water partition coefficient (Wildman–Crippen LogP) is 6.12. The zero-order valence-electron chi connectivity index (χ0n) is 23.5. The second-order valence-electron chi connectivity index (χ2n) is 10.3. The number of anilines is 1. The minimum atomic E-state index is -4.01. The Bertz CT molecular complexity index is 1680. The highest BCUT2D eigenvalue weighted by Crippen LogP contribution is 2.36. The van der Waals surface area contributed by atoms with Crippen molar-refractivity contribution in [3.8, 4) is 17.0 Å². The number of amides is 1. The molecule has 0 fully saturated rings. The maximum Gasteiger partial charge on any atom is 0.244 e. The zero-order valence-corrected chi connectivity index (χ0v) is 25.2. The number of hydrogen-bond acceptors (Lipinski definition) is 6. The number of methoxy groups -OCH3 is 1. The van der Waals surface area contributed by atoms with E-state index >= 15 is 0 Å². The number of sulfonamides is 1. The summed E-state index contributed by atoms with van der Waals surface area (Å²) < 4.78 is 35.3. The van der Waals surface area contributed by atoms with Crippen molar-refractivity contribution in [2.24, 2.45) is 0 Å². The molecular formula is C31H33N3O4S2. The number of rotatable bonds is 6. The third kappa shape index (κ3) is 5.05. The molecule has 0 bridgehead atoms. The molecule has 1 aromatic heterocycles. The number of fused-ring (bicyclic) bond motifs is 1. The van der Waals surface area contributed by atoms with E-state index < -0.39 is 22.0 Å². The standard InChI is InChI=1S/C31H33N3O4S2/c1-18-15-19(2)21(4)29(20(18)3)40(36,37)34-17-25-10-8-7-9-24(25)16-27(34)30(35)33-31-32-28(22(5)39-31)23-11-13-26(38-6)14-12-23/h7-15,27H,16-17H2,1-6H3,(H,32,33,35). The fraction of sp³-hybridized carbons (Fsp3) is 0.290. The highest BCUT2D eigenvalue weighted by Gasteiger charge is 2.41. The maximum atomic E-state index is 14.3. The van der Waals surface area contributed by atoms with Crippen molar-refractivity contribution in [1.29, 1.82) is 0 Å². The second-order valence-corrected chi connectivity index (χ2v) is 13.3. The van der Waals surface area contributed by atoms with Crippen LogP contribution >= 0.6 is 11.3 Å². The van der Waals surface area contributed by atoms with Crippen LogP contribution in [-0.2, 0) is 27.8 Å². The van der Waals surface area contributed by atoms with E-state index in [-0.39, 0.29) is 17.9 Å². The first-order chi connectivity index (χ1) is 19.0. The number of aryl methyl sites for hydroxylation is 3. The van der Waals surface area contributed by atoms with Crippen LogP contribution in [0.1, 0.15) is 38.3 Å². The first kappa shape index (κ1) is 28.0. The van der Waals surface area contributed by atoms with Crippen LogP contribution in [0, 0.1) is 34.6 Å². The van der Waals surface area contributed by atoms with Gasteiger partial charge in [-0.15, -0.1) is 11.3 Å². The van der Waals surface area contributed by atoms with Gasteiger partial charge < -0.3 is 10.1 Å². The molecule has 0 saturated heterocycles. The maximum absolute atomic E-state index is 14.3. The van der Waals surface area contributed by atoms with Crippen LogP contribution in [-0.4, -0.2) is 36.8 Å². The minimum absolute atomic E-state index is 0.121. The number of thiazole rings is 1. The fourth-order valence-electron chi connectivity index (χ4n) is 5.32. The van der Waals surface area contributed by atoms with Crippen LogP contribution in [0.5, 0.6) is 5.75 Å². The summed E-state index contributed by atoms with van der Waals surface area (Å²) >= 11 is 1.37. The summed E-state index contributed by atoms with van der Waals surface area (Å²) in [5, 5.41) is 3.37. The zero-order chi connectivity index (χ0) is 28.8. The van der Waals surface area contributed by atoms with E-state index in [1.165, 1.54) is 15.6 Å². The molecule has 0 aliphatic carbocycles. The summed E-state index contributed by atoms with van der Waals surface area (Å²) in [6.45, 7) is 9.58. The van der Waals surface area contributed by atoms with Crippen molar-refractivity contribution in [3.05, 3.63) is 92.9 Å². The molecule has 1 atom stereocenters. The van der Waals surface area contributed by atoms with Gasteiger partial charge >= 0.3 is 0 Å². The van der Waals surface area contributed by atoms with Crippen LogP contribution in [0.2, 0.25) is 0 Å². The van der Waals surface area contributed by atoms with Gasteiger partial charge in [-0.3, -0.25) is 4.79 Å². The summed E-state index contributed by atoms with van der Waals surface area (Å²) in [4.78, 5) is 19.8. The molecule has 1 N–H and O–H groups in total. The van der Waals surface area contributed by atoms with Gasteiger partial charge in [0.2, 0.25) is 15.9 Å². The Hall–Kier alpha value is -3.53. The molecule has 0 spiro atoms. The van der Waals surface area contributed by atoms with Crippen LogP contribution < -0.4 is 10.1 Å². The molecule has 2 heterocycles. The molecule has 0 saturated carbocycles. The number of benzene rings is 3. The molecule has 1 unspecified atom stereocenters. The van der Waals surface area contributed by atoms with Gasteiger partial charge in [-0.05, 0) is 98.7 Å². The largest absolute Gasteiger partial charge is 0.497 e. The molecule has 0 radical (unpaired) electrons. The fourth-order valence-corrected chi connectivity index (χ4v) is 8.30. The monoisotopic (exact) mass is 575 g/mol. The smallest absolute Gasteiger partial charge is 0.244 e. The Morgan fingerprint density at radius 3 is 2.23 bits per heavy atom. The van der Waals surface area contributed by atoms with E-state index in [1.807, 2.05) is 89.2 Å². The average Bonchev–Trinajstić information content (AvgIpc) is 3.30. The van der Waals surface area contributed by atoms with E-state index in [9.17, 15) is 13.2 Å². The van der Waals surface area contributed by atoms with Gasteiger partial charge in [0.15, 0.2) is 5.13 Å². The summed E-state index contributed by atoms with van der Waals surface area (Å²) in [7, 11) is -2.39. The third-order valence-corrected chi connectivity index (χ3v) is 10.8. The van der Waals surface area contributed by atoms with Crippen molar-refractivity contribution in [2.75, 3.05) is 12.4 Å². The average molecular weight is 576 g/mol. The van der Waals surface area contributed by atoms with E-state index in [0.717, 1.165) is 44.1 Å². The lowest BCUT2D eigenvalue weighted by molar-refractivity contribution is -0.120. The Labute approximate surface area is 239 Å². The SMILES string of the molecule is COc1ccc(-c2nc(NC(=O)C3Cc4ccccc4CN3S(=O)(=O)c3c(C)c(C)cc(C)c3C)sc2C)cc1. The minimum Gasteiger partial charge on any atom is -0.497 e. The van der Waals surface area contributed by atoms with Crippen molar-refractivity contribution in [1.82, 2.24) is 9.29 Å². The lowest BCUT2D eigenvalue weighted by Gasteiger charge is -2.35. The molecule has 1 amide bonds. The number of hydrogen-bond donors (Lipinski definition) is 1. The highest BCUT2D eigenvalue weighted by molar-refractivity contribution is 7.89. The second kappa shape index (κ2) is 10.8. The number of nitrogens with zero attached hydrogens (tertiary/aromatic N) is 2. The molecule has 1 aliphatic heterocycles. The molecule has 5 rings (SSSR count). The van der Waals surface area contributed by atoms with Gasteiger partial charge in [-0.2, -0.15) is 4.31 Å². The van der Waals surface area contributed by atoms with Gasteiger partial charge in [0.25, 0.3) is 0 Å². The lowest BCUT2D eigenvalue weighted by Crippen LogP contribution is -2.50. The van der Waals surface area contributed by atoms with Crippen molar-refractivity contribution in [3.63, 3.8) is 0 Å². The van der Waals surface area contributed by atoms with Crippen molar-refractivity contribution in [2.45, 2.75) is 58.5 Å². The topological polar surface area (TPSA) is 88.6 Å². The number of aromatic nitrogens is 1. The van der Waals surface area contributed by atoms with Crippen LogP contribution in [0.25, 0.3) is 11.3 Å². The van der Waals surface area contributed by atoms with Gasteiger partial charge in [0.1, 0.15) is 11.8 Å². The molecule has 7 nitrogen and oxygen atoms in total. The molecule has 208 valence electrons. The first-order valence-electron chi connectivity index (χ1n) is 13.1. The number of nitrogens with one attached hydrogen (secondary N) is 1. The molecule has 1 aliphatic rings. The Kier molecular flexibility index (Phi) is 7.56. The Balaban J connectivity index is 1.51. The van der Waals surface area contributed by atoms with E-state index in [2.05, 4.69) is 10.3 Å². The number of carbonyl (C=O) groups is 1. The lowest BCUT2D eigenvalue weighted by atomic mass is 9.95. The first-order valence-corrected chi connectivity index (χ1v) is 15.4. The van der Waals surface area contributed by atoms with Crippen LogP contribution in [0.15, 0.2) is 59.5 Å². The number of ether oxygens (including phenoxy) is 1. The Morgan fingerprint density at radius 2 is 1.60 bits per heavy atom. The Morgan fingerprint density at radius 1 is 0.975 bits per heavy atom. The van der Waals surface area contributed by atoms with Crippen LogP contribution in [0.4, 0.5) is 5.13 Å². The molecule has 4 aromatic rings. The highest BCUT2D eigenvalue weighted by atomic mass is 32.2.